The number of piperidine rings is 1. The van der Waals surface area contributed by atoms with Crippen molar-refractivity contribution < 1.29 is 4.79 Å². The molecule has 1 amide bonds. The van der Waals surface area contributed by atoms with E-state index < -0.39 is 0 Å². The molecule has 32 heavy (non-hydrogen) atoms. The number of anilines is 2. The minimum absolute atomic E-state index is 0.0173. The number of amides is 1. The fourth-order valence-corrected chi connectivity index (χ4v) is 5.25. The number of carbonyl (C=O) groups is 1. The van der Waals surface area contributed by atoms with E-state index in [0.29, 0.717) is 23.6 Å². The zero-order valence-corrected chi connectivity index (χ0v) is 20.9. The molecule has 0 spiro atoms. The summed E-state index contributed by atoms with van der Waals surface area (Å²) in [5, 5.41) is 13.1. The van der Waals surface area contributed by atoms with E-state index in [1.165, 1.54) is 48.6 Å². The van der Waals surface area contributed by atoms with Gasteiger partial charge in [0.15, 0.2) is 5.16 Å². The van der Waals surface area contributed by atoms with Gasteiger partial charge >= 0.3 is 0 Å². The van der Waals surface area contributed by atoms with Crippen molar-refractivity contribution in [2.75, 3.05) is 29.1 Å². The van der Waals surface area contributed by atoms with Gasteiger partial charge in [0.25, 0.3) is 0 Å². The van der Waals surface area contributed by atoms with Crippen molar-refractivity contribution >= 4 is 29.3 Å². The van der Waals surface area contributed by atoms with Crippen molar-refractivity contribution in [3.63, 3.8) is 0 Å². The number of carbonyl (C=O) groups excluding carboxylic acids is 1. The van der Waals surface area contributed by atoms with Crippen LogP contribution >= 0.6 is 11.8 Å². The van der Waals surface area contributed by atoms with Crippen molar-refractivity contribution in [2.24, 2.45) is 5.92 Å². The second-order valence-electron chi connectivity index (χ2n) is 10.0. The average molecular weight is 456 g/mol. The van der Waals surface area contributed by atoms with Crippen LogP contribution in [0.3, 0.4) is 0 Å². The summed E-state index contributed by atoms with van der Waals surface area (Å²) in [6.07, 6.45) is 4.76. The van der Waals surface area contributed by atoms with Crippen LogP contribution < -0.4 is 10.2 Å². The van der Waals surface area contributed by atoms with E-state index >= 15 is 0 Å². The summed E-state index contributed by atoms with van der Waals surface area (Å²) < 4.78 is 2.29. The van der Waals surface area contributed by atoms with E-state index in [4.69, 9.17) is 0 Å². The number of rotatable bonds is 8. The maximum atomic E-state index is 13.0. The first-order valence-corrected chi connectivity index (χ1v) is 13.1. The molecule has 1 aromatic heterocycles. The number of nitrogens with one attached hydrogen (secondary N) is 1. The molecule has 7 heteroatoms. The van der Waals surface area contributed by atoms with E-state index in [0.717, 1.165) is 35.8 Å². The smallest absolute Gasteiger partial charge is 0.234 e. The Morgan fingerprint density at radius 3 is 2.25 bits per heavy atom. The van der Waals surface area contributed by atoms with Crippen LogP contribution in [0.2, 0.25) is 0 Å². The summed E-state index contributed by atoms with van der Waals surface area (Å²) in [6.45, 7) is 13.1. The monoisotopic (exact) mass is 455 g/mol. The molecule has 4 rings (SSSR count). The lowest BCUT2D eigenvalue weighted by Crippen LogP contribution is -2.34. The van der Waals surface area contributed by atoms with Gasteiger partial charge < -0.3 is 10.2 Å². The van der Waals surface area contributed by atoms with E-state index in [9.17, 15) is 4.79 Å². The number of benzene rings is 1. The Balaban J connectivity index is 1.46. The molecule has 0 bridgehead atoms. The number of thioether (sulfide) groups is 1. The highest BCUT2D eigenvalue weighted by atomic mass is 32.2. The van der Waals surface area contributed by atoms with Gasteiger partial charge in [0.1, 0.15) is 0 Å². The third-order valence-corrected chi connectivity index (χ3v) is 7.54. The van der Waals surface area contributed by atoms with E-state index in [1.807, 2.05) is 0 Å². The molecule has 0 unspecified atom stereocenters. The average Bonchev–Trinajstić information content (AvgIpc) is 3.51. The predicted molar refractivity (Wildman–Crippen MR) is 133 cm³/mol. The molecule has 6 nitrogen and oxygen atoms in total. The zero-order chi connectivity index (χ0) is 22.8. The van der Waals surface area contributed by atoms with Crippen LogP contribution in [-0.2, 0) is 4.79 Å². The van der Waals surface area contributed by atoms with Gasteiger partial charge in [-0.2, -0.15) is 0 Å². The maximum Gasteiger partial charge on any atom is 0.234 e. The number of aromatic nitrogens is 3. The van der Waals surface area contributed by atoms with Crippen molar-refractivity contribution in [3.8, 4) is 0 Å². The fraction of sp³-hybridized carbons (Fsp3) is 0.640. The Morgan fingerprint density at radius 2 is 1.69 bits per heavy atom. The zero-order valence-electron chi connectivity index (χ0n) is 20.1. The van der Waals surface area contributed by atoms with Crippen LogP contribution in [0.1, 0.15) is 89.3 Å². The van der Waals surface area contributed by atoms with Crippen molar-refractivity contribution in [1.82, 2.24) is 14.8 Å². The molecule has 0 radical (unpaired) electrons. The van der Waals surface area contributed by atoms with Crippen LogP contribution in [0.4, 0.5) is 11.6 Å². The quantitative estimate of drug-likeness (QED) is 0.508. The number of para-hydroxylation sites is 1. The molecular weight excluding hydrogens is 418 g/mol. The predicted octanol–water partition coefficient (Wildman–Crippen LogP) is 5.83. The van der Waals surface area contributed by atoms with Gasteiger partial charge in [-0.15, -0.1) is 10.2 Å². The second kappa shape index (κ2) is 9.86. The molecule has 2 fully saturated rings. The summed E-state index contributed by atoms with van der Waals surface area (Å²) >= 11 is 1.51. The number of hydrogen-bond donors (Lipinski definition) is 1. The van der Waals surface area contributed by atoms with Crippen LogP contribution in [0.25, 0.3) is 0 Å². The third-order valence-electron chi connectivity index (χ3n) is 6.59. The van der Waals surface area contributed by atoms with Crippen molar-refractivity contribution in [3.05, 3.63) is 29.3 Å². The molecule has 1 aromatic carbocycles. The standard InChI is InChI=1S/C25H37N5OS/c1-16(2)20-7-6-8-21(17(3)4)23(20)26-22(31)15-32-25-28-27-24(30(25)19-9-10-19)29-13-11-18(5)12-14-29/h6-8,16-19H,9-15H2,1-5H3,(H,26,31). The van der Waals surface area contributed by atoms with Gasteiger partial charge in [0.05, 0.1) is 5.75 Å². The Bertz CT molecular complexity index is 916. The van der Waals surface area contributed by atoms with Gasteiger partial charge in [-0.3, -0.25) is 9.36 Å². The van der Waals surface area contributed by atoms with Crippen LogP contribution in [0, 0.1) is 5.92 Å². The Hall–Kier alpha value is -2.02. The number of hydrogen-bond acceptors (Lipinski definition) is 5. The molecule has 1 N–H and O–H groups in total. The first-order valence-electron chi connectivity index (χ1n) is 12.1. The van der Waals surface area contributed by atoms with E-state index in [1.54, 1.807) is 0 Å². The molecule has 174 valence electrons. The van der Waals surface area contributed by atoms with E-state index in [2.05, 4.69) is 77.8 Å². The largest absolute Gasteiger partial charge is 0.341 e. The molecule has 2 aromatic rings. The minimum Gasteiger partial charge on any atom is -0.341 e. The Kier molecular flexibility index (Phi) is 7.13. The highest BCUT2D eigenvalue weighted by Gasteiger charge is 2.32. The molecule has 2 aliphatic rings. The molecule has 2 heterocycles. The molecular formula is C25H37N5OS. The first-order chi connectivity index (χ1) is 15.3. The summed E-state index contributed by atoms with van der Waals surface area (Å²) in [4.78, 5) is 15.4. The number of nitrogens with zero attached hydrogens (tertiary/aromatic N) is 4. The maximum absolute atomic E-state index is 13.0. The lowest BCUT2D eigenvalue weighted by Gasteiger charge is -2.31. The lowest BCUT2D eigenvalue weighted by molar-refractivity contribution is -0.113. The lowest BCUT2D eigenvalue weighted by atomic mass is 9.92. The van der Waals surface area contributed by atoms with Gasteiger partial charge in [0, 0.05) is 24.8 Å². The van der Waals surface area contributed by atoms with Gasteiger partial charge in [0.2, 0.25) is 11.9 Å². The molecule has 0 atom stereocenters. The third kappa shape index (κ3) is 5.13. The van der Waals surface area contributed by atoms with Crippen LogP contribution in [0.15, 0.2) is 23.4 Å². The van der Waals surface area contributed by atoms with Crippen LogP contribution in [-0.4, -0.2) is 39.5 Å². The molecule has 1 saturated carbocycles. The van der Waals surface area contributed by atoms with Gasteiger partial charge in [-0.25, -0.2) is 0 Å². The Morgan fingerprint density at radius 1 is 1.06 bits per heavy atom. The topological polar surface area (TPSA) is 63.1 Å². The van der Waals surface area contributed by atoms with Gasteiger partial charge in [-0.05, 0) is 54.6 Å². The summed E-state index contributed by atoms with van der Waals surface area (Å²) in [6, 6.07) is 6.82. The van der Waals surface area contributed by atoms with Crippen molar-refractivity contribution in [2.45, 2.75) is 83.3 Å². The van der Waals surface area contributed by atoms with Crippen LogP contribution in [0.5, 0.6) is 0 Å². The summed E-state index contributed by atoms with van der Waals surface area (Å²) in [7, 11) is 0. The molecule has 1 aliphatic carbocycles. The Labute approximate surface area is 196 Å². The fourth-order valence-electron chi connectivity index (χ4n) is 4.45. The molecule has 1 aliphatic heterocycles. The normalized spacial score (nSPS) is 17.4. The highest BCUT2D eigenvalue weighted by Crippen LogP contribution is 2.41. The van der Waals surface area contributed by atoms with E-state index in [-0.39, 0.29) is 5.91 Å². The highest BCUT2D eigenvalue weighted by molar-refractivity contribution is 7.99. The van der Waals surface area contributed by atoms with Crippen molar-refractivity contribution in [1.29, 1.82) is 0 Å². The summed E-state index contributed by atoms with van der Waals surface area (Å²) in [5.41, 5.74) is 3.37. The second-order valence-corrected chi connectivity index (χ2v) is 11.0. The SMILES string of the molecule is CC1CCN(c2nnc(SCC(=O)Nc3c(C(C)C)cccc3C(C)C)n2C2CC2)CC1. The van der Waals surface area contributed by atoms with Gasteiger partial charge in [-0.1, -0.05) is 64.6 Å². The minimum atomic E-state index is 0.0173. The first kappa shape index (κ1) is 23.1. The molecule has 1 saturated heterocycles. The summed E-state index contributed by atoms with van der Waals surface area (Å²) in [5.74, 6) is 2.84.